The third kappa shape index (κ3) is 3.21. The van der Waals surface area contributed by atoms with Gasteiger partial charge in [0.15, 0.2) is 0 Å². The average molecular weight is 369 g/mol. The van der Waals surface area contributed by atoms with Crippen LogP contribution in [0.1, 0.15) is 41.5 Å². The maximum absolute atomic E-state index is 12.4. The second-order valence-corrected chi connectivity index (χ2v) is 7.30. The predicted molar refractivity (Wildman–Crippen MR) is 107 cm³/mol. The number of fused-ring (bicyclic) bond motifs is 1. The van der Waals surface area contributed by atoms with Gasteiger partial charge in [0.05, 0.1) is 21.6 Å². The molecule has 5 heteroatoms. The monoisotopic (exact) mass is 368 g/mol. The fraction of sp³-hybridized carbons (Fsp3) is 0.286. The molecule has 4 nitrogen and oxygen atoms in total. The number of carbonyl (C=O) groups is 1. The molecule has 0 fully saturated rings. The summed E-state index contributed by atoms with van der Waals surface area (Å²) in [5.41, 5.74) is 4.34. The van der Waals surface area contributed by atoms with Crippen molar-refractivity contribution < 1.29 is 4.79 Å². The number of hydrogen-bond acceptors (Lipinski definition) is 2. The molecule has 2 aromatic carbocycles. The molecule has 0 aliphatic carbocycles. The van der Waals surface area contributed by atoms with E-state index >= 15 is 0 Å². The summed E-state index contributed by atoms with van der Waals surface area (Å²) >= 11 is 6.44. The summed E-state index contributed by atoms with van der Waals surface area (Å²) in [6.07, 6.45) is 0.754. The number of imidazole rings is 1. The minimum absolute atomic E-state index is 0.127. The second-order valence-electron chi connectivity index (χ2n) is 6.90. The highest BCUT2D eigenvalue weighted by Crippen LogP contribution is 2.30. The van der Waals surface area contributed by atoms with Gasteiger partial charge >= 0.3 is 0 Å². The topological polar surface area (TPSA) is 38.1 Å². The zero-order valence-corrected chi connectivity index (χ0v) is 16.3. The fourth-order valence-corrected chi connectivity index (χ4v) is 3.23. The molecular weight excluding hydrogens is 346 g/mol. The molecule has 0 atom stereocenters. The van der Waals surface area contributed by atoms with Gasteiger partial charge in [0, 0.05) is 25.7 Å². The fourth-order valence-electron chi connectivity index (χ4n) is 2.99. The summed E-state index contributed by atoms with van der Waals surface area (Å²) in [4.78, 5) is 18.7. The zero-order chi connectivity index (χ0) is 19.0. The molecule has 1 radical (unpaired) electrons. The summed E-state index contributed by atoms with van der Waals surface area (Å²) in [7, 11) is 3.43. The molecule has 3 rings (SSSR count). The van der Waals surface area contributed by atoms with Gasteiger partial charge in [-0.05, 0) is 43.2 Å². The smallest absolute Gasteiger partial charge is 0.254 e. The van der Waals surface area contributed by atoms with Crippen LogP contribution in [0.25, 0.3) is 16.7 Å². The Balaban J connectivity index is 2.25. The van der Waals surface area contributed by atoms with Crippen molar-refractivity contribution in [3.8, 4) is 5.69 Å². The molecule has 0 N–H and O–H groups in total. The summed E-state index contributed by atoms with van der Waals surface area (Å²) in [5, 5.41) is 0.432. The van der Waals surface area contributed by atoms with Gasteiger partial charge in [0.1, 0.15) is 5.82 Å². The first-order valence-electron chi connectivity index (χ1n) is 8.65. The molecule has 0 unspecified atom stereocenters. The van der Waals surface area contributed by atoms with Gasteiger partial charge in [-0.1, -0.05) is 37.6 Å². The van der Waals surface area contributed by atoms with Crippen LogP contribution in [0.3, 0.4) is 0 Å². The maximum atomic E-state index is 12.4. The molecule has 26 heavy (non-hydrogen) atoms. The van der Waals surface area contributed by atoms with Crippen LogP contribution in [0.2, 0.25) is 5.02 Å². The van der Waals surface area contributed by atoms with Crippen LogP contribution in [0.5, 0.6) is 0 Å². The van der Waals surface area contributed by atoms with E-state index in [1.807, 2.05) is 6.07 Å². The standard InChI is InChI=1S/C21H23ClN3O/c1-6-14-7-9-15(10-8-14)25-19-12-17(22)16(21(26)24(4)5)11-18(19)23-20(25)13(2)3/h7-13H,1,6H2,2-5H3. The van der Waals surface area contributed by atoms with Crippen LogP contribution in [0.15, 0.2) is 36.4 Å². The lowest BCUT2D eigenvalue weighted by Crippen LogP contribution is -2.22. The average Bonchev–Trinajstić information content (AvgIpc) is 2.99. The van der Waals surface area contributed by atoms with Crippen LogP contribution >= 0.6 is 11.6 Å². The highest BCUT2D eigenvalue weighted by molar-refractivity contribution is 6.34. The van der Waals surface area contributed by atoms with Crippen molar-refractivity contribution in [2.24, 2.45) is 0 Å². The summed E-state index contributed by atoms with van der Waals surface area (Å²) in [5.74, 6) is 1.03. The Morgan fingerprint density at radius 2 is 1.88 bits per heavy atom. The number of hydrogen-bond donors (Lipinski definition) is 0. The molecule has 0 bridgehead atoms. The van der Waals surface area contributed by atoms with E-state index in [9.17, 15) is 4.79 Å². The number of carbonyl (C=O) groups excluding carboxylic acids is 1. The van der Waals surface area contributed by atoms with Crippen molar-refractivity contribution in [2.75, 3.05) is 14.1 Å². The Kier molecular flexibility index (Phi) is 5.05. The van der Waals surface area contributed by atoms with Gasteiger partial charge in [-0.2, -0.15) is 0 Å². The third-order valence-electron chi connectivity index (χ3n) is 4.41. The Morgan fingerprint density at radius 3 is 2.42 bits per heavy atom. The Labute approximate surface area is 159 Å². The maximum Gasteiger partial charge on any atom is 0.254 e. The van der Waals surface area contributed by atoms with Crippen molar-refractivity contribution >= 4 is 28.5 Å². The zero-order valence-electron chi connectivity index (χ0n) is 15.6. The van der Waals surface area contributed by atoms with Gasteiger partial charge in [0.25, 0.3) is 5.91 Å². The van der Waals surface area contributed by atoms with Crippen molar-refractivity contribution in [2.45, 2.75) is 26.2 Å². The molecule has 1 heterocycles. The lowest BCUT2D eigenvalue weighted by Gasteiger charge is -2.13. The molecule has 0 aliphatic rings. The largest absolute Gasteiger partial charge is 0.345 e. The molecular formula is C21H23ClN3O. The van der Waals surface area contributed by atoms with E-state index in [-0.39, 0.29) is 11.8 Å². The highest BCUT2D eigenvalue weighted by Gasteiger charge is 2.20. The van der Waals surface area contributed by atoms with Crippen LogP contribution in [0.4, 0.5) is 0 Å². The number of amides is 1. The van der Waals surface area contributed by atoms with E-state index in [0.717, 1.165) is 29.0 Å². The predicted octanol–water partition coefficient (Wildman–Crippen LogP) is 4.88. The van der Waals surface area contributed by atoms with E-state index in [0.29, 0.717) is 10.6 Å². The summed E-state index contributed by atoms with van der Waals surface area (Å²) in [6, 6.07) is 11.9. The van der Waals surface area contributed by atoms with Gasteiger partial charge in [-0.25, -0.2) is 4.98 Å². The third-order valence-corrected chi connectivity index (χ3v) is 4.72. The van der Waals surface area contributed by atoms with Crippen molar-refractivity contribution in [3.63, 3.8) is 0 Å². The van der Waals surface area contributed by atoms with Crippen LogP contribution in [0, 0.1) is 6.92 Å². The molecule has 0 spiro atoms. The summed E-state index contributed by atoms with van der Waals surface area (Å²) in [6.45, 7) is 8.14. The second kappa shape index (κ2) is 7.12. The van der Waals surface area contributed by atoms with Crippen LogP contribution in [-0.4, -0.2) is 34.5 Å². The van der Waals surface area contributed by atoms with E-state index in [1.165, 1.54) is 10.5 Å². The lowest BCUT2D eigenvalue weighted by atomic mass is 10.1. The van der Waals surface area contributed by atoms with Gasteiger partial charge in [-0.3, -0.25) is 9.36 Å². The number of rotatable bonds is 4. The molecule has 135 valence electrons. The molecule has 1 aromatic heterocycles. The molecule has 3 aromatic rings. The van der Waals surface area contributed by atoms with Crippen molar-refractivity contribution in [1.82, 2.24) is 14.5 Å². The van der Waals surface area contributed by atoms with Gasteiger partial charge in [-0.15, -0.1) is 0 Å². The quantitative estimate of drug-likeness (QED) is 0.658. The van der Waals surface area contributed by atoms with E-state index in [1.54, 1.807) is 20.2 Å². The Hall–Kier alpha value is -2.33. The number of aromatic nitrogens is 2. The Morgan fingerprint density at radius 1 is 1.23 bits per heavy atom. The molecule has 0 aliphatic heterocycles. The van der Waals surface area contributed by atoms with Crippen LogP contribution < -0.4 is 0 Å². The summed E-state index contributed by atoms with van der Waals surface area (Å²) < 4.78 is 2.11. The number of halogens is 1. The van der Waals surface area contributed by atoms with Gasteiger partial charge < -0.3 is 4.90 Å². The molecule has 0 saturated heterocycles. The minimum Gasteiger partial charge on any atom is -0.345 e. The molecule has 0 saturated carbocycles. The van der Waals surface area contributed by atoms with E-state index in [2.05, 4.69) is 49.6 Å². The molecule has 1 amide bonds. The van der Waals surface area contributed by atoms with Gasteiger partial charge in [0.2, 0.25) is 0 Å². The number of benzene rings is 2. The van der Waals surface area contributed by atoms with Crippen molar-refractivity contribution in [1.29, 1.82) is 0 Å². The highest BCUT2D eigenvalue weighted by atomic mass is 35.5. The first-order valence-corrected chi connectivity index (χ1v) is 9.03. The Bertz CT molecular complexity index is 956. The normalized spacial score (nSPS) is 11.3. The SMILES string of the molecule is [CH2]Cc1ccc(-n2c(C(C)C)nc3cc(C(=O)N(C)C)c(Cl)cc32)cc1. The first kappa shape index (κ1) is 18.5. The minimum atomic E-state index is -0.127. The van der Waals surface area contributed by atoms with E-state index in [4.69, 9.17) is 16.6 Å². The first-order chi connectivity index (χ1) is 12.3. The number of nitrogens with zero attached hydrogens (tertiary/aromatic N) is 3. The van der Waals surface area contributed by atoms with Crippen LogP contribution in [-0.2, 0) is 6.42 Å². The van der Waals surface area contributed by atoms with Crippen molar-refractivity contribution in [3.05, 3.63) is 65.3 Å². The lowest BCUT2D eigenvalue weighted by molar-refractivity contribution is 0.0828. The van der Waals surface area contributed by atoms with E-state index < -0.39 is 0 Å².